The van der Waals surface area contributed by atoms with Crippen molar-refractivity contribution < 1.29 is 27.9 Å². The first kappa shape index (κ1) is 26.7. The van der Waals surface area contributed by atoms with Crippen LogP contribution in [0.2, 0.25) is 0 Å². The van der Waals surface area contributed by atoms with Crippen LogP contribution < -0.4 is 10.0 Å². The molecule has 0 spiro atoms. The van der Waals surface area contributed by atoms with E-state index in [1.807, 2.05) is 0 Å². The quantitative estimate of drug-likeness (QED) is 0.358. The molecule has 0 fully saturated rings. The average molecular weight is 529 g/mol. The fourth-order valence-electron chi connectivity index (χ4n) is 3.56. The first-order valence-electron chi connectivity index (χ1n) is 10.6. The van der Waals surface area contributed by atoms with E-state index in [0.29, 0.717) is 11.1 Å². The number of anilines is 2. The first-order chi connectivity index (χ1) is 17.2. The van der Waals surface area contributed by atoms with Crippen LogP contribution in [-0.2, 0) is 19.8 Å². The van der Waals surface area contributed by atoms with Crippen molar-refractivity contribution in [2.45, 2.75) is 12.5 Å². The summed E-state index contributed by atoms with van der Waals surface area (Å²) in [6.07, 6.45) is 2.79. The van der Waals surface area contributed by atoms with Crippen molar-refractivity contribution >= 4 is 51.8 Å². The normalized spacial score (nSPS) is 11.9. The Labute approximate surface area is 212 Å². The third-order valence-electron chi connectivity index (χ3n) is 5.25. The standard InChI is InChI=1S/C24H24N4O6S2/c1-35-15-13-21(24(31)32)28(36(33,34)27(16-29)20-12-7-14-26-22(20)25)23(30)19-11-6-5-10-18(19)17-8-3-2-4-9-17/h2-12,14,16,21H,13,15H2,1H3,(H2,25,26)(H,31,32)/t21-/m0/s1. The van der Waals surface area contributed by atoms with Crippen LogP contribution >= 0.6 is 11.8 Å². The smallest absolute Gasteiger partial charge is 0.336 e. The second-order valence-electron chi connectivity index (χ2n) is 7.46. The number of hydrogen-bond donors (Lipinski definition) is 2. The zero-order chi connectivity index (χ0) is 26.3. The van der Waals surface area contributed by atoms with Crippen molar-refractivity contribution in [3.63, 3.8) is 0 Å². The predicted octanol–water partition coefficient (Wildman–Crippen LogP) is 2.89. The van der Waals surface area contributed by atoms with Crippen molar-refractivity contribution in [1.29, 1.82) is 0 Å². The molecule has 0 radical (unpaired) electrons. The second-order valence-corrected chi connectivity index (χ2v) is 10.1. The Bertz CT molecular complexity index is 1350. The lowest BCUT2D eigenvalue weighted by atomic mass is 9.99. The summed E-state index contributed by atoms with van der Waals surface area (Å²) in [7, 11) is -5.07. The van der Waals surface area contributed by atoms with Crippen LogP contribution in [0.15, 0.2) is 72.9 Å². The van der Waals surface area contributed by atoms with Crippen LogP contribution in [0.4, 0.5) is 11.5 Å². The van der Waals surface area contributed by atoms with Crippen LogP contribution in [0.1, 0.15) is 16.8 Å². The molecule has 0 saturated carbocycles. The third kappa shape index (κ3) is 5.50. The van der Waals surface area contributed by atoms with Crippen LogP contribution in [0.3, 0.4) is 0 Å². The molecule has 0 saturated heterocycles. The topological polar surface area (TPSA) is 151 Å². The van der Waals surface area contributed by atoms with E-state index in [0.717, 1.165) is 0 Å². The molecule has 1 atom stereocenters. The second kappa shape index (κ2) is 11.7. The molecule has 0 aliphatic rings. The number of nitrogens with zero attached hydrogens (tertiary/aromatic N) is 3. The van der Waals surface area contributed by atoms with Crippen molar-refractivity contribution in [3.8, 4) is 11.1 Å². The number of aliphatic carboxylic acids is 1. The van der Waals surface area contributed by atoms with Crippen molar-refractivity contribution in [1.82, 2.24) is 9.29 Å². The number of rotatable bonds is 11. The molecule has 0 aliphatic heterocycles. The van der Waals surface area contributed by atoms with Gasteiger partial charge in [-0.1, -0.05) is 48.5 Å². The van der Waals surface area contributed by atoms with Gasteiger partial charge in [0.25, 0.3) is 5.91 Å². The summed E-state index contributed by atoms with van der Waals surface area (Å²) in [6, 6.07) is 15.8. The number of carboxylic acid groups (broad SMARTS) is 1. The first-order valence-corrected chi connectivity index (χ1v) is 13.4. The summed E-state index contributed by atoms with van der Waals surface area (Å²) in [5.41, 5.74) is 6.46. The molecule has 3 rings (SSSR count). The zero-order valence-electron chi connectivity index (χ0n) is 19.2. The van der Waals surface area contributed by atoms with E-state index in [4.69, 9.17) is 5.73 Å². The Morgan fingerprint density at radius 2 is 1.75 bits per heavy atom. The average Bonchev–Trinajstić information content (AvgIpc) is 2.87. The molecule has 0 unspecified atom stereocenters. The highest BCUT2D eigenvalue weighted by Crippen LogP contribution is 2.30. The number of aromatic nitrogens is 1. The number of benzene rings is 2. The molecule has 3 N–H and O–H groups in total. The van der Waals surface area contributed by atoms with Gasteiger partial charge in [0, 0.05) is 11.8 Å². The molecule has 2 aromatic carbocycles. The van der Waals surface area contributed by atoms with Gasteiger partial charge in [-0.15, -0.1) is 0 Å². The SMILES string of the molecule is CSCC[C@@H](C(=O)O)N(C(=O)c1ccccc1-c1ccccc1)S(=O)(=O)N(C=O)c1cccnc1N. The Hall–Kier alpha value is -3.90. The molecule has 3 aromatic rings. The molecule has 1 heterocycles. The van der Waals surface area contributed by atoms with Crippen LogP contribution in [0.5, 0.6) is 0 Å². The number of carbonyl (C=O) groups is 3. The molecule has 0 aliphatic carbocycles. The Kier molecular flexibility index (Phi) is 8.67. The van der Waals surface area contributed by atoms with E-state index in [1.165, 1.54) is 36.2 Å². The number of nitrogens with two attached hydrogens (primary N) is 1. The molecule has 188 valence electrons. The summed E-state index contributed by atoms with van der Waals surface area (Å²) < 4.78 is 28.1. The van der Waals surface area contributed by atoms with Crippen LogP contribution in [0, 0.1) is 0 Å². The minimum absolute atomic E-state index is 0.0421. The number of carboxylic acids is 1. The maximum atomic E-state index is 13.9. The van der Waals surface area contributed by atoms with E-state index >= 15 is 0 Å². The molecule has 12 heteroatoms. The molecular weight excluding hydrogens is 504 g/mol. The van der Waals surface area contributed by atoms with Crippen molar-refractivity contribution in [3.05, 3.63) is 78.5 Å². The molecular formula is C24H24N4O6S2. The van der Waals surface area contributed by atoms with Gasteiger partial charge in [0.1, 0.15) is 17.5 Å². The lowest BCUT2D eigenvalue weighted by molar-refractivity contribution is -0.141. The van der Waals surface area contributed by atoms with Gasteiger partial charge in [-0.2, -0.15) is 24.5 Å². The number of amides is 2. The summed E-state index contributed by atoms with van der Waals surface area (Å²) in [5, 5.41) is 9.98. The number of hydrogen-bond acceptors (Lipinski definition) is 8. The fraction of sp³-hybridized carbons (Fsp3) is 0.167. The number of carbonyl (C=O) groups excluding carboxylic acids is 2. The maximum absolute atomic E-state index is 13.9. The molecule has 2 amide bonds. The van der Waals surface area contributed by atoms with Gasteiger partial charge in [-0.3, -0.25) is 9.59 Å². The van der Waals surface area contributed by atoms with Gasteiger partial charge in [0.15, 0.2) is 0 Å². The van der Waals surface area contributed by atoms with Gasteiger partial charge in [0.2, 0.25) is 6.41 Å². The summed E-state index contributed by atoms with van der Waals surface area (Å²) >= 11 is 1.29. The van der Waals surface area contributed by atoms with Gasteiger partial charge < -0.3 is 10.8 Å². The minimum atomic E-state index is -5.07. The lowest BCUT2D eigenvalue weighted by Crippen LogP contribution is -2.54. The monoisotopic (exact) mass is 528 g/mol. The van der Waals surface area contributed by atoms with Gasteiger partial charge in [-0.25, -0.2) is 14.1 Å². The largest absolute Gasteiger partial charge is 0.480 e. The Balaban J connectivity index is 2.24. The van der Waals surface area contributed by atoms with E-state index < -0.39 is 28.1 Å². The molecule has 1 aromatic heterocycles. The summed E-state index contributed by atoms with van der Waals surface area (Å²) in [5.74, 6) is -2.69. The maximum Gasteiger partial charge on any atom is 0.336 e. The van der Waals surface area contributed by atoms with E-state index in [2.05, 4.69) is 4.98 Å². The highest BCUT2D eigenvalue weighted by atomic mass is 32.2. The van der Waals surface area contributed by atoms with Crippen LogP contribution in [-0.4, -0.2) is 59.2 Å². The third-order valence-corrected chi connectivity index (χ3v) is 7.59. The Morgan fingerprint density at radius 3 is 2.36 bits per heavy atom. The van der Waals surface area contributed by atoms with Gasteiger partial charge in [-0.05, 0) is 47.8 Å². The van der Waals surface area contributed by atoms with E-state index in [-0.39, 0.29) is 44.3 Å². The number of thioether (sulfide) groups is 1. The van der Waals surface area contributed by atoms with Crippen LogP contribution in [0.25, 0.3) is 11.1 Å². The highest BCUT2D eigenvalue weighted by Gasteiger charge is 2.43. The minimum Gasteiger partial charge on any atom is -0.480 e. The Morgan fingerprint density at radius 1 is 1.08 bits per heavy atom. The highest BCUT2D eigenvalue weighted by molar-refractivity contribution is 7.98. The molecule has 10 nitrogen and oxygen atoms in total. The van der Waals surface area contributed by atoms with E-state index in [1.54, 1.807) is 54.8 Å². The predicted molar refractivity (Wildman–Crippen MR) is 139 cm³/mol. The van der Waals surface area contributed by atoms with Crippen molar-refractivity contribution in [2.75, 3.05) is 22.0 Å². The molecule has 36 heavy (non-hydrogen) atoms. The summed E-state index contributed by atoms with van der Waals surface area (Å²) in [6.45, 7) is 0. The fourth-order valence-corrected chi connectivity index (χ4v) is 5.55. The number of nitrogen functional groups attached to an aromatic ring is 1. The number of pyridine rings is 1. The zero-order valence-corrected chi connectivity index (χ0v) is 20.9. The molecule has 0 bridgehead atoms. The van der Waals surface area contributed by atoms with Crippen molar-refractivity contribution in [2.24, 2.45) is 0 Å². The summed E-state index contributed by atoms with van der Waals surface area (Å²) in [4.78, 5) is 42.0. The lowest BCUT2D eigenvalue weighted by Gasteiger charge is -2.32. The van der Waals surface area contributed by atoms with E-state index in [9.17, 15) is 27.9 Å². The van der Waals surface area contributed by atoms with Gasteiger partial charge >= 0.3 is 16.2 Å². The van der Waals surface area contributed by atoms with Gasteiger partial charge in [0.05, 0.1) is 0 Å².